The highest BCUT2D eigenvalue weighted by atomic mass is 16.2. The van der Waals surface area contributed by atoms with Gasteiger partial charge in [0.2, 0.25) is 5.91 Å². The molecule has 0 rings (SSSR count). The van der Waals surface area contributed by atoms with E-state index in [0.29, 0.717) is 19.6 Å². The monoisotopic (exact) mass is 217 g/mol. The minimum Gasteiger partial charge on any atom is -0.396 e. The van der Waals surface area contributed by atoms with E-state index in [4.69, 9.17) is 10.8 Å². The van der Waals surface area contributed by atoms with Crippen LogP contribution in [0.5, 0.6) is 0 Å². The molecule has 4 N–H and O–H groups in total. The highest BCUT2D eigenvalue weighted by molar-refractivity contribution is 5.77. The molecule has 0 aliphatic heterocycles. The first-order chi connectivity index (χ1) is 7.20. The molecule has 0 heterocycles. The van der Waals surface area contributed by atoms with Gasteiger partial charge in [-0.05, 0) is 32.9 Å². The minimum atomic E-state index is 0.0186. The summed E-state index contributed by atoms with van der Waals surface area (Å²) in [6, 6.07) is 0. The lowest BCUT2D eigenvalue weighted by Gasteiger charge is -2.15. The second-order valence-corrected chi connectivity index (χ2v) is 3.66. The van der Waals surface area contributed by atoms with Crippen molar-refractivity contribution in [3.8, 4) is 0 Å². The van der Waals surface area contributed by atoms with Crippen LogP contribution in [-0.4, -0.2) is 55.7 Å². The van der Waals surface area contributed by atoms with Crippen LogP contribution in [0.1, 0.15) is 19.3 Å². The fourth-order valence-electron chi connectivity index (χ4n) is 1.26. The molecule has 0 aromatic heterocycles. The van der Waals surface area contributed by atoms with E-state index in [0.717, 1.165) is 25.8 Å². The van der Waals surface area contributed by atoms with Crippen molar-refractivity contribution in [2.45, 2.75) is 19.3 Å². The standard InChI is InChI=1S/C10H23N3O2/c1-13(7-3-2-4-8-14)9-10(15)12-6-5-11/h14H,2-9,11H2,1H3,(H,12,15). The largest absolute Gasteiger partial charge is 0.396 e. The third-order valence-corrected chi connectivity index (χ3v) is 2.08. The molecule has 0 bridgehead atoms. The maximum atomic E-state index is 11.3. The van der Waals surface area contributed by atoms with Crippen LogP contribution in [0.15, 0.2) is 0 Å². The zero-order valence-electron chi connectivity index (χ0n) is 9.54. The van der Waals surface area contributed by atoms with Gasteiger partial charge < -0.3 is 16.2 Å². The van der Waals surface area contributed by atoms with E-state index in [-0.39, 0.29) is 12.5 Å². The van der Waals surface area contributed by atoms with Crippen LogP contribution < -0.4 is 11.1 Å². The molecule has 0 aromatic carbocycles. The van der Waals surface area contributed by atoms with Crippen LogP contribution in [0.4, 0.5) is 0 Å². The summed E-state index contributed by atoms with van der Waals surface area (Å²) in [5.41, 5.74) is 5.27. The molecule has 0 aromatic rings. The SMILES string of the molecule is CN(CCCCCO)CC(=O)NCCN. The highest BCUT2D eigenvalue weighted by Crippen LogP contribution is 1.96. The van der Waals surface area contributed by atoms with Crippen LogP contribution in [0, 0.1) is 0 Å². The zero-order valence-corrected chi connectivity index (χ0v) is 9.54. The third-order valence-electron chi connectivity index (χ3n) is 2.08. The van der Waals surface area contributed by atoms with Gasteiger partial charge in [-0.1, -0.05) is 0 Å². The van der Waals surface area contributed by atoms with E-state index < -0.39 is 0 Å². The molecule has 15 heavy (non-hydrogen) atoms. The molecule has 0 aliphatic carbocycles. The number of aliphatic hydroxyl groups is 1. The maximum absolute atomic E-state index is 11.3. The van der Waals surface area contributed by atoms with Crippen LogP contribution in [0.2, 0.25) is 0 Å². The predicted molar refractivity (Wildman–Crippen MR) is 60.5 cm³/mol. The molecular formula is C10H23N3O2. The molecular weight excluding hydrogens is 194 g/mol. The van der Waals surface area contributed by atoms with Gasteiger partial charge in [0.05, 0.1) is 6.54 Å². The summed E-state index contributed by atoms with van der Waals surface area (Å²) in [6.07, 6.45) is 2.86. The van der Waals surface area contributed by atoms with Crippen LogP contribution in [-0.2, 0) is 4.79 Å². The van der Waals surface area contributed by atoms with Gasteiger partial charge in [-0.25, -0.2) is 0 Å². The Bertz CT molecular complexity index is 165. The van der Waals surface area contributed by atoms with Gasteiger partial charge in [0.1, 0.15) is 0 Å². The lowest BCUT2D eigenvalue weighted by Crippen LogP contribution is -2.37. The molecule has 0 unspecified atom stereocenters. The summed E-state index contributed by atoms with van der Waals surface area (Å²) >= 11 is 0. The second kappa shape index (κ2) is 9.89. The van der Waals surface area contributed by atoms with E-state index in [1.807, 2.05) is 11.9 Å². The van der Waals surface area contributed by atoms with Gasteiger partial charge >= 0.3 is 0 Å². The van der Waals surface area contributed by atoms with Gasteiger partial charge in [0.25, 0.3) is 0 Å². The Morgan fingerprint density at radius 2 is 2.13 bits per heavy atom. The molecule has 0 radical (unpaired) electrons. The average molecular weight is 217 g/mol. The number of nitrogens with one attached hydrogen (secondary N) is 1. The quantitative estimate of drug-likeness (QED) is 0.440. The van der Waals surface area contributed by atoms with Crippen molar-refractivity contribution in [2.75, 3.05) is 39.8 Å². The topological polar surface area (TPSA) is 78.6 Å². The summed E-state index contributed by atoms with van der Waals surface area (Å²) in [4.78, 5) is 13.2. The number of nitrogens with two attached hydrogens (primary N) is 1. The van der Waals surface area contributed by atoms with E-state index in [1.165, 1.54) is 0 Å². The van der Waals surface area contributed by atoms with Crippen LogP contribution in [0.25, 0.3) is 0 Å². The smallest absolute Gasteiger partial charge is 0.234 e. The summed E-state index contributed by atoms with van der Waals surface area (Å²) in [5.74, 6) is 0.0186. The van der Waals surface area contributed by atoms with Crippen LogP contribution >= 0.6 is 0 Å². The van der Waals surface area contributed by atoms with Crippen molar-refractivity contribution in [1.29, 1.82) is 0 Å². The Balaban J connectivity index is 3.38. The number of hydrogen-bond donors (Lipinski definition) is 3. The number of aliphatic hydroxyl groups excluding tert-OH is 1. The first-order valence-electron chi connectivity index (χ1n) is 5.47. The molecule has 1 amide bonds. The van der Waals surface area contributed by atoms with E-state index in [2.05, 4.69) is 5.32 Å². The third kappa shape index (κ3) is 9.65. The molecule has 0 saturated heterocycles. The number of carbonyl (C=O) groups excluding carboxylic acids is 1. The van der Waals surface area contributed by atoms with Crippen molar-refractivity contribution < 1.29 is 9.90 Å². The molecule has 0 saturated carbocycles. The van der Waals surface area contributed by atoms with E-state index in [9.17, 15) is 4.79 Å². The molecule has 0 fully saturated rings. The lowest BCUT2D eigenvalue weighted by atomic mass is 10.2. The second-order valence-electron chi connectivity index (χ2n) is 3.66. The van der Waals surface area contributed by atoms with Gasteiger partial charge in [0, 0.05) is 19.7 Å². The van der Waals surface area contributed by atoms with Crippen molar-refractivity contribution in [3.63, 3.8) is 0 Å². The zero-order chi connectivity index (χ0) is 11.5. The van der Waals surface area contributed by atoms with Crippen molar-refractivity contribution in [2.24, 2.45) is 5.73 Å². The summed E-state index contributed by atoms with van der Waals surface area (Å²) < 4.78 is 0. The number of carbonyl (C=O) groups is 1. The van der Waals surface area contributed by atoms with Crippen molar-refractivity contribution in [1.82, 2.24) is 10.2 Å². The molecule has 0 aliphatic rings. The summed E-state index contributed by atoms with van der Waals surface area (Å²) in [5, 5.41) is 11.3. The van der Waals surface area contributed by atoms with Gasteiger partial charge in [0.15, 0.2) is 0 Å². The fraction of sp³-hybridized carbons (Fsp3) is 0.900. The highest BCUT2D eigenvalue weighted by Gasteiger charge is 2.04. The number of likely N-dealkylation sites (N-methyl/N-ethyl adjacent to an activating group) is 1. The first-order valence-corrected chi connectivity index (χ1v) is 5.47. The van der Waals surface area contributed by atoms with Crippen molar-refractivity contribution >= 4 is 5.91 Å². The Kier molecular flexibility index (Phi) is 9.46. The van der Waals surface area contributed by atoms with E-state index in [1.54, 1.807) is 0 Å². The summed E-state index contributed by atoms with van der Waals surface area (Å²) in [6.45, 7) is 2.57. The van der Waals surface area contributed by atoms with Crippen molar-refractivity contribution in [3.05, 3.63) is 0 Å². The minimum absolute atomic E-state index is 0.0186. The molecule has 5 heteroatoms. The first kappa shape index (κ1) is 14.3. The lowest BCUT2D eigenvalue weighted by molar-refractivity contribution is -0.121. The number of nitrogens with zero attached hydrogens (tertiary/aromatic N) is 1. The van der Waals surface area contributed by atoms with Gasteiger partial charge in [-0.2, -0.15) is 0 Å². The number of hydrogen-bond acceptors (Lipinski definition) is 4. The number of amides is 1. The van der Waals surface area contributed by atoms with E-state index >= 15 is 0 Å². The van der Waals surface area contributed by atoms with Gasteiger partial charge in [-0.3, -0.25) is 9.69 Å². The Morgan fingerprint density at radius 1 is 1.40 bits per heavy atom. The number of rotatable bonds is 9. The molecule has 0 atom stereocenters. The van der Waals surface area contributed by atoms with Gasteiger partial charge in [-0.15, -0.1) is 0 Å². The Hall–Kier alpha value is -0.650. The number of unbranched alkanes of at least 4 members (excludes halogenated alkanes) is 2. The molecule has 0 spiro atoms. The maximum Gasteiger partial charge on any atom is 0.234 e. The molecule has 5 nitrogen and oxygen atoms in total. The fourth-order valence-corrected chi connectivity index (χ4v) is 1.26. The Labute approximate surface area is 91.6 Å². The molecule has 90 valence electrons. The average Bonchev–Trinajstić information content (AvgIpc) is 2.21. The Morgan fingerprint density at radius 3 is 2.73 bits per heavy atom. The van der Waals surface area contributed by atoms with Crippen LogP contribution in [0.3, 0.4) is 0 Å². The summed E-state index contributed by atoms with van der Waals surface area (Å²) in [7, 11) is 1.92. The predicted octanol–water partition coefficient (Wildman–Crippen LogP) is -0.844. The normalized spacial score (nSPS) is 10.7.